The molecule has 140 valence electrons. The second kappa shape index (κ2) is 16.7. The van der Waals surface area contributed by atoms with E-state index in [9.17, 15) is 0 Å². The molecule has 0 saturated carbocycles. The van der Waals surface area contributed by atoms with Gasteiger partial charge in [-0.15, -0.1) is 0 Å². The van der Waals surface area contributed by atoms with E-state index < -0.39 is 6.16 Å². The molecule has 0 saturated heterocycles. The van der Waals surface area contributed by atoms with Crippen molar-refractivity contribution in [1.82, 2.24) is 0 Å². The van der Waals surface area contributed by atoms with E-state index in [-0.39, 0.29) is 0 Å². The Balaban J connectivity index is 3.65. The third kappa shape index (κ3) is 12.9. The van der Waals surface area contributed by atoms with Gasteiger partial charge < -0.3 is 18.9 Å². The zero-order chi connectivity index (χ0) is 17.2. The third-order valence-corrected chi connectivity index (χ3v) is 3.74. The summed E-state index contributed by atoms with van der Waals surface area (Å²) in [6.45, 7) is 10.1. The molecule has 0 aliphatic rings. The van der Waals surface area contributed by atoms with Gasteiger partial charge in [0.1, 0.15) is 0 Å². The van der Waals surface area contributed by atoms with E-state index in [1.807, 2.05) is 20.8 Å². The molecular formula is C19H40O4. The van der Waals surface area contributed by atoms with Gasteiger partial charge in [0.2, 0.25) is 0 Å². The molecule has 0 aromatic heterocycles. The van der Waals surface area contributed by atoms with Crippen LogP contribution in [0.3, 0.4) is 0 Å². The summed E-state index contributed by atoms with van der Waals surface area (Å²) in [5.74, 6) is 0. The van der Waals surface area contributed by atoms with Crippen LogP contribution in [-0.2, 0) is 18.9 Å². The molecule has 0 rings (SSSR count). The molecule has 0 aromatic carbocycles. The fraction of sp³-hybridized carbons (Fsp3) is 1.00. The first kappa shape index (κ1) is 22.8. The lowest BCUT2D eigenvalue weighted by Gasteiger charge is -2.31. The molecule has 0 bridgehead atoms. The van der Waals surface area contributed by atoms with Crippen LogP contribution in [-0.4, -0.2) is 32.6 Å². The molecule has 0 aromatic rings. The van der Waals surface area contributed by atoms with E-state index in [2.05, 4.69) is 6.92 Å². The molecule has 4 nitrogen and oxygen atoms in total. The highest BCUT2D eigenvalue weighted by Crippen LogP contribution is 2.19. The number of hydrogen-bond donors (Lipinski definition) is 0. The lowest BCUT2D eigenvalue weighted by atomic mass is 10.1. The van der Waals surface area contributed by atoms with Crippen molar-refractivity contribution in [2.24, 2.45) is 0 Å². The highest BCUT2D eigenvalue weighted by Gasteiger charge is 2.34. The summed E-state index contributed by atoms with van der Waals surface area (Å²) in [6.07, 6.45) is 11.8. The Bertz CT molecular complexity index is 216. The summed E-state index contributed by atoms with van der Waals surface area (Å²) >= 11 is 0. The lowest BCUT2D eigenvalue weighted by Crippen LogP contribution is -2.42. The summed E-state index contributed by atoms with van der Waals surface area (Å²) in [7, 11) is 0. The Morgan fingerprint density at radius 3 is 1.26 bits per heavy atom. The largest absolute Gasteiger partial charge is 0.412 e. The Labute approximate surface area is 144 Å². The first-order chi connectivity index (χ1) is 11.2. The van der Waals surface area contributed by atoms with Crippen LogP contribution in [0.15, 0.2) is 0 Å². The average Bonchev–Trinajstić information content (AvgIpc) is 2.53. The quantitative estimate of drug-likeness (QED) is 0.240. The molecular weight excluding hydrogens is 292 g/mol. The van der Waals surface area contributed by atoms with Gasteiger partial charge >= 0.3 is 6.16 Å². The zero-order valence-electron chi connectivity index (χ0n) is 16.0. The van der Waals surface area contributed by atoms with Crippen molar-refractivity contribution in [3.8, 4) is 0 Å². The number of unbranched alkanes of at least 4 members (excludes halogenated alkanes) is 9. The van der Waals surface area contributed by atoms with Crippen LogP contribution < -0.4 is 0 Å². The minimum absolute atomic E-state index is 0.498. The molecule has 4 heteroatoms. The number of rotatable bonds is 18. The topological polar surface area (TPSA) is 36.9 Å². The Morgan fingerprint density at radius 1 is 0.478 bits per heavy atom. The number of ether oxygens (including phenoxy) is 4. The van der Waals surface area contributed by atoms with Crippen molar-refractivity contribution in [3.05, 3.63) is 0 Å². The molecule has 0 spiro atoms. The summed E-state index contributed by atoms with van der Waals surface area (Å²) in [6, 6.07) is 0. The Hall–Kier alpha value is -0.160. The monoisotopic (exact) mass is 332 g/mol. The normalized spacial score (nSPS) is 12.0. The van der Waals surface area contributed by atoms with E-state index in [1.54, 1.807) is 0 Å². The van der Waals surface area contributed by atoms with Gasteiger partial charge in [0.15, 0.2) is 0 Å². The van der Waals surface area contributed by atoms with E-state index in [1.165, 1.54) is 57.8 Å². The van der Waals surface area contributed by atoms with E-state index in [0.29, 0.717) is 26.4 Å². The molecule has 0 radical (unpaired) electrons. The van der Waals surface area contributed by atoms with Gasteiger partial charge in [-0.1, -0.05) is 64.7 Å². The fourth-order valence-corrected chi connectivity index (χ4v) is 2.57. The van der Waals surface area contributed by atoms with Crippen LogP contribution in [0.25, 0.3) is 0 Å². The van der Waals surface area contributed by atoms with Crippen molar-refractivity contribution < 1.29 is 18.9 Å². The second-order valence-electron chi connectivity index (χ2n) is 5.83. The van der Waals surface area contributed by atoms with Crippen molar-refractivity contribution in [2.75, 3.05) is 26.4 Å². The van der Waals surface area contributed by atoms with E-state index >= 15 is 0 Å². The first-order valence-corrected chi connectivity index (χ1v) is 9.80. The van der Waals surface area contributed by atoms with Crippen molar-refractivity contribution in [3.63, 3.8) is 0 Å². The fourth-order valence-electron chi connectivity index (χ4n) is 2.57. The van der Waals surface area contributed by atoms with Crippen LogP contribution in [0.4, 0.5) is 0 Å². The van der Waals surface area contributed by atoms with Crippen LogP contribution in [0.2, 0.25) is 0 Å². The van der Waals surface area contributed by atoms with Gasteiger partial charge in [-0.2, -0.15) is 0 Å². The second-order valence-corrected chi connectivity index (χ2v) is 5.83. The lowest BCUT2D eigenvalue weighted by molar-refractivity contribution is -0.496. The Kier molecular flexibility index (Phi) is 16.6. The van der Waals surface area contributed by atoms with Gasteiger partial charge in [-0.05, 0) is 27.2 Å². The Morgan fingerprint density at radius 2 is 0.870 bits per heavy atom. The third-order valence-electron chi connectivity index (χ3n) is 3.74. The molecule has 0 heterocycles. The van der Waals surface area contributed by atoms with Gasteiger partial charge in [0.05, 0.1) is 26.4 Å². The minimum Gasteiger partial charge on any atom is -0.304 e. The first-order valence-electron chi connectivity index (χ1n) is 9.80. The van der Waals surface area contributed by atoms with Gasteiger partial charge in [-0.3, -0.25) is 0 Å². The van der Waals surface area contributed by atoms with Crippen molar-refractivity contribution in [1.29, 1.82) is 0 Å². The molecule has 0 fully saturated rings. The van der Waals surface area contributed by atoms with Gasteiger partial charge in [-0.25, -0.2) is 0 Å². The van der Waals surface area contributed by atoms with Crippen molar-refractivity contribution >= 4 is 0 Å². The van der Waals surface area contributed by atoms with E-state index in [4.69, 9.17) is 18.9 Å². The molecule has 23 heavy (non-hydrogen) atoms. The molecule has 0 amide bonds. The average molecular weight is 333 g/mol. The molecule has 0 aliphatic carbocycles. The predicted molar refractivity (Wildman–Crippen MR) is 95.4 cm³/mol. The molecule has 0 atom stereocenters. The molecule has 0 N–H and O–H groups in total. The van der Waals surface area contributed by atoms with Gasteiger partial charge in [0, 0.05) is 0 Å². The molecule has 0 unspecified atom stereocenters. The summed E-state index contributed by atoms with van der Waals surface area (Å²) in [5, 5.41) is 0. The summed E-state index contributed by atoms with van der Waals surface area (Å²) < 4.78 is 22.4. The van der Waals surface area contributed by atoms with Crippen molar-refractivity contribution in [2.45, 2.75) is 98.1 Å². The minimum atomic E-state index is -1.31. The summed E-state index contributed by atoms with van der Waals surface area (Å²) in [4.78, 5) is 0. The van der Waals surface area contributed by atoms with Gasteiger partial charge in [0.25, 0.3) is 0 Å². The SMILES string of the molecule is CCCCCCCCCCCCOC(OCC)(OCC)OCC. The van der Waals surface area contributed by atoms with Crippen LogP contribution in [0.5, 0.6) is 0 Å². The van der Waals surface area contributed by atoms with Crippen LogP contribution in [0, 0.1) is 0 Å². The van der Waals surface area contributed by atoms with E-state index in [0.717, 1.165) is 6.42 Å². The molecule has 0 aliphatic heterocycles. The predicted octanol–water partition coefficient (Wildman–Crippen LogP) is 5.64. The smallest absolute Gasteiger partial charge is 0.304 e. The highest BCUT2D eigenvalue weighted by molar-refractivity contribution is 4.49. The maximum absolute atomic E-state index is 5.76. The highest BCUT2D eigenvalue weighted by atomic mass is 17.0. The maximum Gasteiger partial charge on any atom is 0.412 e. The zero-order valence-corrected chi connectivity index (χ0v) is 16.0. The maximum atomic E-state index is 5.76. The summed E-state index contributed by atoms with van der Waals surface area (Å²) in [5.41, 5.74) is 0. The van der Waals surface area contributed by atoms with Crippen LogP contribution >= 0.6 is 0 Å². The standard InChI is InChI=1S/C19H40O4/c1-5-9-10-11-12-13-14-15-16-17-18-23-19(20-6-2,21-7-3)22-8-4/h5-18H2,1-4H3. The number of hydrogen-bond acceptors (Lipinski definition) is 4. The van der Waals surface area contributed by atoms with Crippen LogP contribution in [0.1, 0.15) is 91.9 Å².